The number of ether oxygens (including phenoxy) is 1. The highest BCUT2D eigenvalue weighted by Crippen LogP contribution is 2.38. The zero-order valence-electron chi connectivity index (χ0n) is 11.5. The molecule has 1 aliphatic rings. The second-order valence-corrected chi connectivity index (χ2v) is 5.00. The Labute approximate surface area is 118 Å². The van der Waals surface area contributed by atoms with E-state index in [1.54, 1.807) is 0 Å². The van der Waals surface area contributed by atoms with Crippen molar-refractivity contribution >= 4 is 5.97 Å². The lowest BCUT2D eigenvalue weighted by Gasteiger charge is -2.43. The van der Waals surface area contributed by atoms with Crippen LogP contribution in [0.3, 0.4) is 0 Å². The Morgan fingerprint density at radius 3 is 1.90 bits per heavy atom. The fraction of sp³-hybridized carbons (Fsp3) is 0.235. The van der Waals surface area contributed by atoms with Gasteiger partial charge >= 0.3 is 5.97 Å². The number of benzene rings is 2. The van der Waals surface area contributed by atoms with Gasteiger partial charge in [-0.1, -0.05) is 60.7 Å². The maximum atomic E-state index is 12.7. The lowest BCUT2D eigenvalue weighted by molar-refractivity contribution is -0.164. The fourth-order valence-corrected chi connectivity index (χ4v) is 2.91. The molecule has 20 heavy (non-hydrogen) atoms. The normalized spacial score (nSPS) is 18.6. The Bertz CT molecular complexity index is 555. The van der Waals surface area contributed by atoms with E-state index in [1.807, 2.05) is 67.7 Å². The van der Waals surface area contributed by atoms with Gasteiger partial charge in [0.05, 0.1) is 0 Å². The molecule has 0 aromatic heterocycles. The van der Waals surface area contributed by atoms with Crippen LogP contribution in [0.25, 0.3) is 0 Å². The van der Waals surface area contributed by atoms with Crippen LogP contribution in [0.5, 0.6) is 0 Å². The van der Waals surface area contributed by atoms with Crippen LogP contribution >= 0.6 is 0 Å². The molecule has 2 aromatic carbocycles. The molecule has 1 aliphatic heterocycles. The van der Waals surface area contributed by atoms with E-state index in [9.17, 15) is 4.79 Å². The van der Waals surface area contributed by atoms with Crippen LogP contribution in [0.1, 0.15) is 11.1 Å². The Morgan fingerprint density at radius 1 is 0.950 bits per heavy atom. The highest BCUT2D eigenvalue weighted by Gasteiger charge is 2.49. The number of rotatable bonds is 2. The fourth-order valence-electron chi connectivity index (χ4n) is 2.91. The van der Waals surface area contributed by atoms with E-state index in [4.69, 9.17) is 4.74 Å². The second-order valence-electron chi connectivity index (χ2n) is 5.00. The first kappa shape index (κ1) is 12.9. The Hall–Kier alpha value is -2.13. The van der Waals surface area contributed by atoms with Crippen molar-refractivity contribution in [2.24, 2.45) is 0 Å². The molecule has 0 saturated carbocycles. The van der Waals surface area contributed by atoms with Crippen molar-refractivity contribution in [1.29, 1.82) is 0 Å². The summed E-state index contributed by atoms with van der Waals surface area (Å²) in [6.45, 7) is 1.16. The molecule has 102 valence electrons. The molecule has 0 amide bonds. The van der Waals surface area contributed by atoms with Gasteiger partial charge < -0.3 is 4.74 Å². The number of cyclic esters (lactones) is 1. The first-order valence-electron chi connectivity index (χ1n) is 6.76. The van der Waals surface area contributed by atoms with Gasteiger partial charge in [-0.25, -0.2) is 4.79 Å². The van der Waals surface area contributed by atoms with Crippen LogP contribution in [-0.2, 0) is 15.1 Å². The van der Waals surface area contributed by atoms with Crippen LogP contribution < -0.4 is 0 Å². The summed E-state index contributed by atoms with van der Waals surface area (Å²) in [5.41, 5.74) is 1.04. The van der Waals surface area contributed by atoms with Gasteiger partial charge in [0.1, 0.15) is 6.61 Å². The number of likely N-dealkylation sites (N-methyl/N-ethyl adjacent to an activating group) is 1. The molecule has 0 unspecified atom stereocenters. The molecular weight excluding hydrogens is 250 g/mol. The number of nitrogens with zero attached hydrogens (tertiary/aromatic N) is 1. The van der Waals surface area contributed by atoms with E-state index < -0.39 is 5.54 Å². The lowest BCUT2D eigenvalue weighted by atomic mass is 9.80. The molecule has 0 aliphatic carbocycles. The van der Waals surface area contributed by atoms with Gasteiger partial charge in [-0.2, -0.15) is 0 Å². The third kappa shape index (κ3) is 1.82. The zero-order chi connectivity index (χ0) is 14.0. The number of carbonyl (C=O) groups excluding carboxylic acids is 1. The Morgan fingerprint density at radius 2 is 1.45 bits per heavy atom. The number of morpholine rings is 1. The third-order valence-electron chi connectivity index (χ3n) is 3.91. The average Bonchev–Trinajstić information content (AvgIpc) is 2.50. The topological polar surface area (TPSA) is 29.5 Å². The summed E-state index contributed by atoms with van der Waals surface area (Å²) in [5, 5.41) is 0. The maximum absolute atomic E-state index is 12.7. The monoisotopic (exact) mass is 267 g/mol. The molecule has 0 N–H and O–H groups in total. The number of hydrogen-bond acceptors (Lipinski definition) is 3. The van der Waals surface area contributed by atoms with Gasteiger partial charge in [-0.15, -0.1) is 0 Å². The van der Waals surface area contributed by atoms with Gasteiger partial charge in [0.2, 0.25) is 0 Å². The van der Waals surface area contributed by atoms with Gasteiger partial charge in [0.25, 0.3) is 0 Å². The first-order valence-corrected chi connectivity index (χ1v) is 6.76. The smallest absolute Gasteiger partial charge is 0.335 e. The van der Waals surface area contributed by atoms with E-state index in [1.165, 1.54) is 0 Å². The minimum Gasteiger partial charge on any atom is -0.462 e. The van der Waals surface area contributed by atoms with E-state index in [2.05, 4.69) is 4.90 Å². The van der Waals surface area contributed by atoms with Crippen molar-refractivity contribution in [1.82, 2.24) is 4.90 Å². The lowest BCUT2D eigenvalue weighted by Crippen LogP contribution is -2.56. The van der Waals surface area contributed by atoms with Crippen LogP contribution in [0, 0.1) is 0 Å². The summed E-state index contributed by atoms with van der Waals surface area (Å²) in [7, 11) is 1.97. The molecule has 3 rings (SSSR count). The molecule has 3 heteroatoms. The summed E-state index contributed by atoms with van der Waals surface area (Å²) >= 11 is 0. The van der Waals surface area contributed by atoms with E-state index in [0.717, 1.165) is 17.7 Å². The summed E-state index contributed by atoms with van der Waals surface area (Å²) in [6, 6.07) is 19.7. The van der Waals surface area contributed by atoms with Crippen LogP contribution in [-0.4, -0.2) is 31.1 Å². The number of esters is 1. The third-order valence-corrected chi connectivity index (χ3v) is 3.91. The molecule has 1 saturated heterocycles. The molecule has 0 radical (unpaired) electrons. The quantitative estimate of drug-likeness (QED) is 0.783. The highest BCUT2D eigenvalue weighted by atomic mass is 16.5. The molecule has 1 heterocycles. The number of carbonyl (C=O) groups is 1. The minimum atomic E-state index is -0.846. The van der Waals surface area contributed by atoms with E-state index >= 15 is 0 Å². The van der Waals surface area contributed by atoms with Gasteiger partial charge in [-0.3, -0.25) is 4.90 Å². The molecule has 1 fully saturated rings. The van der Waals surface area contributed by atoms with E-state index in [-0.39, 0.29) is 5.97 Å². The summed E-state index contributed by atoms with van der Waals surface area (Å²) in [6.07, 6.45) is 0. The predicted octanol–water partition coefficient (Wildman–Crippen LogP) is 2.42. The van der Waals surface area contributed by atoms with Crippen molar-refractivity contribution in [2.45, 2.75) is 5.54 Å². The average molecular weight is 267 g/mol. The van der Waals surface area contributed by atoms with Crippen molar-refractivity contribution in [2.75, 3.05) is 20.2 Å². The number of hydrogen-bond donors (Lipinski definition) is 0. The summed E-state index contributed by atoms with van der Waals surface area (Å²) < 4.78 is 5.39. The van der Waals surface area contributed by atoms with Gasteiger partial charge in [0, 0.05) is 6.54 Å². The Kier molecular flexibility index (Phi) is 3.28. The molecule has 0 bridgehead atoms. The molecule has 0 spiro atoms. The van der Waals surface area contributed by atoms with Crippen LogP contribution in [0.4, 0.5) is 0 Å². The van der Waals surface area contributed by atoms with Gasteiger partial charge in [0.15, 0.2) is 5.54 Å². The summed E-state index contributed by atoms with van der Waals surface area (Å²) in [5.74, 6) is -0.205. The summed E-state index contributed by atoms with van der Waals surface area (Å²) in [4.78, 5) is 14.7. The van der Waals surface area contributed by atoms with E-state index in [0.29, 0.717) is 6.61 Å². The molecule has 2 aromatic rings. The molecular formula is C17H17NO2. The predicted molar refractivity (Wildman–Crippen MR) is 77.3 cm³/mol. The zero-order valence-corrected chi connectivity index (χ0v) is 11.5. The van der Waals surface area contributed by atoms with Crippen molar-refractivity contribution < 1.29 is 9.53 Å². The molecule has 0 atom stereocenters. The van der Waals surface area contributed by atoms with Crippen LogP contribution in [0.15, 0.2) is 60.7 Å². The van der Waals surface area contributed by atoms with Crippen molar-refractivity contribution in [3.05, 3.63) is 71.8 Å². The standard InChI is InChI=1S/C17H17NO2/c1-18-12-13-20-16(19)17(18,14-8-4-2-5-9-14)15-10-6-3-7-11-15/h2-11H,12-13H2,1H3. The largest absolute Gasteiger partial charge is 0.462 e. The van der Waals surface area contributed by atoms with Crippen molar-refractivity contribution in [3.8, 4) is 0 Å². The second kappa shape index (κ2) is 5.10. The minimum absolute atomic E-state index is 0.205. The SMILES string of the molecule is CN1CCOC(=O)C1(c1ccccc1)c1ccccc1. The highest BCUT2D eigenvalue weighted by molar-refractivity contribution is 5.87. The molecule has 3 nitrogen and oxygen atoms in total. The Balaban J connectivity index is 2.25. The van der Waals surface area contributed by atoms with Crippen molar-refractivity contribution in [3.63, 3.8) is 0 Å². The van der Waals surface area contributed by atoms with Crippen LogP contribution in [0.2, 0.25) is 0 Å². The van der Waals surface area contributed by atoms with Gasteiger partial charge in [-0.05, 0) is 18.2 Å². The first-order chi connectivity index (χ1) is 9.76. The maximum Gasteiger partial charge on any atom is 0.335 e.